The summed E-state index contributed by atoms with van der Waals surface area (Å²) in [5, 5.41) is 2.21. The van der Waals surface area contributed by atoms with Gasteiger partial charge in [0.15, 0.2) is 0 Å². The SMILES string of the molecule is COC(=O)[C@@H](Cc1ccccc1C(F)(F)F)NC(=O)c1ccc(C(F)(F)F)cc1. The molecule has 2 aromatic carbocycles. The Labute approximate surface area is 161 Å². The van der Waals surface area contributed by atoms with Crippen molar-refractivity contribution < 1.29 is 40.7 Å². The van der Waals surface area contributed by atoms with Crippen LogP contribution in [0, 0.1) is 0 Å². The lowest BCUT2D eigenvalue weighted by Gasteiger charge is -2.19. The summed E-state index contributed by atoms with van der Waals surface area (Å²) in [5.74, 6) is -1.93. The fraction of sp³-hybridized carbons (Fsp3) is 0.263. The number of halogens is 6. The van der Waals surface area contributed by atoms with Gasteiger partial charge < -0.3 is 10.1 Å². The molecule has 0 aliphatic carbocycles. The molecule has 1 amide bonds. The van der Waals surface area contributed by atoms with E-state index in [1.165, 1.54) is 12.1 Å². The van der Waals surface area contributed by atoms with Crippen LogP contribution in [0.4, 0.5) is 26.3 Å². The van der Waals surface area contributed by atoms with Crippen LogP contribution in [0.2, 0.25) is 0 Å². The second kappa shape index (κ2) is 8.54. The molecule has 156 valence electrons. The van der Waals surface area contributed by atoms with Crippen molar-refractivity contribution in [1.82, 2.24) is 5.32 Å². The molecule has 4 nitrogen and oxygen atoms in total. The highest BCUT2D eigenvalue weighted by Gasteiger charge is 2.35. The number of carbonyl (C=O) groups excluding carboxylic acids is 2. The summed E-state index contributed by atoms with van der Waals surface area (Å²) < 4.78 is 81.8. The van der Waals surface area contributed by atoms with Gasteiger partial charge in [-0.2, -0.15) is 26.3 Å². The van der Waals surface area contributed by atoms with Gasteiger partial charge in [-0.1, -0.05) is 18.2 Å². The Bertz CT molecular complexity index is 875. The second-order valence-electron chi connectivity index (χ2n) is 5.98. The van der Waals surface area contributed by atoms with E-state index >= 15 is 0 Å². The molecule has 0 spiro atoms. The first kappa shape index (κ1) is 22.3. The van der Waals surface area contributed by atoms with Crippen molar-refractivity contribution in [2.45, 2.75) is 24.8 Å². The van der Waals surface area contributed by atoms with Crippen LogP contribution in [-0.2, 0) is 28.3 Å². The maximum Gasteiger partial charge on any atom is 0.416 e. The summed E-state index contributed by atoms with van der Waals surface area (Å²) in [6.45, 7) is 0. The number of hydrogen-bond donors (Lipinski definition) is 1. The van der Waals surface area contributed by atoms with Crippen LogP contribution in [0.1, 0.15) is 27.0 Å². The number of methoxy groups -OCH3 is 1. The van der Waals surface area contributed by atoms with Gasteiger partial charge in [-0.15, -0.1) is 0 Å². The smallest absolute Gasteiger partial charge is 0.416 e. The van der Waals surface area contributed by atoms with Crippen molar-refractivity contribution in [2.24, 2.45) is 0 Å². The van der Waals surface area contributed by atoms with Crippen LogP contribution in [0.5, 0.6) is 0 Å². The molecule has 2 aromatic rings. The molecule has 0 aromatic heterocycles. The normalized spacial score (nSPS) is 12.9. The topological polar surface area (TPSA) is 55.4 Å². The summed E-state index contributed by atoms with van der Waals surface area (Å²) in [5.41, 5.74) is -2.39. The molecule has 29 heavy (non-hydrogen) atoms. The Morgan fingerprint density at radius 1 is 0.931 bits per heavy atom. The first-order chi connectivity index (χ1) is 13.4. The highest BCUT2D eigenvalue weighted by Crippen LogP contribution is 2.32. The van der Waals surface area contributed by atoms with Crippen LogP contribution in [0.15, 0.2) is 48.5 Å². The molecule has 0 saturated heterocycles. The minimum Gasteiger partial charge on any atom is -0.467 e. The summed E-state index contributed by atoms with van der Waals surface area (Å²) in [6, 6.07) is 6.20. The van der Waals surface area contributed by atoms with Crippen LogP contribution in [0.25, 0.3) is 0 Å². The van der Waals surface area contributed by atoms with Gasteiger partial charge in [-0.3, -0.25) is 4.79 Å². The zero-order valence-electron chi connectivity index (χ0n) is 14.9. The number of alkyl halides is 6. The molecule has 0 radical (unpaired) electrons. The summed E-state index contributed by atoms with van der Waals surface area (Å²) >= 11 is 0. The van der Waals surface area contributed by atoms with E-state index in [4.69, 9.17) is 0 Å². The van der Waals surface area contributed by atoms with E-state index in [2.05, 4.69) is 10.1 Å². The standard InChI is InChI=1S/C19H15F6NO3/c1-29-17(28)15(10-12-4-2-3-5-14(12)19(23,24)25)26-16(27)11-6-8-13(9-7-11)18(20,21)22/h2-9,15H,10H2,1H3,(H,26,27)/t15-/m1/s1. The average molecular weight is 419 g/mol. The molecule has 0 aliphatic heterocycles. The van der Waals surface area contributed by atoms with Crippen LogP contribution < -0.4 is 5.32 Å². The Morgan fingerprint density at radius 2 is 1.52 bits per heavy atom. The van der Waals surface area contributed by atoms with E-state index in [0.29, 0.717) is 12.1 Å². The third kappa shape index (κ3) is 5.72. The summed E-state index contributed by atoms with van der Waals surface area (Å²) in [7, 11) is 0.995. The Kier molecular flexibility index (Phi) is 6.55. The molecule has 0 fully saturated rings. The monoisotopic (exact) mass is 419 g/mol. The zero-order chi connectivity index (χ0) is 21.8. The third-order valence-corrected chi connectivity index (χ3v) is 4.01. The number of ether oxygens (including phenoxy) is 1. The number of amides is 1. The quantitative estimate of drug-likeness (QED) is 0.583. The van der Waals surface area contributed by atoms with Crippen molar-refractivity contribution >= 4 is 11.9 Å². The van der Waals surface area contributed by atoms with Gasteiger partial charge in [0.25, 0.3) is 5.91 Å². The van der Waals surface area contributed by atoms with Crippen LogP contribution in [0.3, 0.4) is 0 Å². The molecule has 0 aliphatic rings. The highest BCUT2D eigenvalue weighted by molar-refractivity contribution is 5.96. The van der Waals surface area contributed by atoms with Gasteiger partial charge >= 0.3 is 18.3 Å². The van der Waals surface area contributed by atoms with Crippen LogP contribution in [-0.4, -0.2) is 25.0 Å². The van der Waals surface area contributed by atoms with Crippen molar-refractivity contribution in [3.63, 3.8) is 0 Å². The first-order valence-electron chi connectivity index (χ1n) is 8.14. The molecule has 0 bridgehead atoms. The summed E-state index contributed by atoms with van der Waals surface area (Å²) in [6.07, 6.45) is -9.78. The Hall–Kier alpha value is -3.04. The van der Waals surface area contributed by atoms with Crippen molar-refractivity contribution in [3.8, 4) is 0 Å². The van der Waals surface area contributed by atoms with E-state index in [-0.39, 0.29) is 11.1 Å². The van der Waals surface area contributed by atoms with Crippen molar-refractivity contribution in [1.29, 1.82) is 0 Å². The van der Waals surface area contributed by atoms with Crippen LogP contribution >= 0.6 is 0 Å². The molecule has 10 heteroatoms. The lowest BCUT2D eigenvalue weighted by Crippen LogP contribution is -2.43. The Balaban J connectivity index is 2.24. The maximum atomic E-state index is 13.1. The fourth-order valence-corrected chi connectivity index (χ4v) is 2.58. The van der Waals surface area contributed by atoms with Gasteiger partial charge in [0.05, 0.1) is 18.2 Å². The van der Waals surface area contributed by atoms with Gasteiger partial charge in [0.1, 0.15) is 6.04 Å². The minimum absolute atomic E-state index is 0.198. The number of carbonyl (C=O) groups is 2. The number of nitrogens with one attached hydrogen (secondary N) is 1. The maximum absolute atomic E-state index is 13.1. The molecule has 1 N–H and O–H groups in total. The van der Waals surface area contributed by atoms with Gasteiger partial charge in [0, 0.05) is 12.0 Å². The third-order valence-electron chi connectivity index (χ3n) is 4.01. The molecule has 0 saturated carbocycles. The molecule has 2 rings (SSSR count). The number of esters is 1. The molecule has 1 atom stereocenters. The lowest BCUT2D eigenvalue weighted by molar-refractivity contribution is -0.144. The van der Waals surface area contributed by atoms with Gasteiger partial charge in [0.2, 0.25) is 0 Å². The second-order valence-corrected chi connectivity index (χ2v) is 5.98. The number of hydrogen-bond acceptors (Lipinski definition) is 3. The lowest BCUT2D eigenvalue weighted by atomic mass is 9.99. The fourth-order valence-electron chi connectivity index (χ4n) is 2.58. The van der Waals surface area contributed by atoms with E-state index in [9.17, 15) is 35.9 Å². The van der Waals surface area contributed by atoms with E-state index in [1.807, 2.05) is 0 Å². The number of rotatable bonds is 5. The zero-order valence-corrected chi connectivity index (χ0v) is 14.9. The van der Waals surface area contributed by atoms with E-state index in [1.54, 1.807) is 0 Å². The largest absolute Gasteiger partial charge is 0.467 e. The van der Waals surface area contributed by atoms with E-state index < -0.39 is 47.8 Å². The molecular formula is C19H15F6NO3. The minimum atomic E-state index is -4.67. The first-order valence-corrected chi connectivity index (χ1v) is 8.14. The molecule has 0 unspecified atom stereocenters. The number of benzene rings is 2. The van der Waals surface area contributed by atoms with E-state index in [0.717, 1.165) is 31.4 Å². The molecular weight excluding hydrogens is 404 g/mol. The van der Waals surface area contributed by atoms with Crippen molar-refractivity contribution in [3.05, 3.63) is 70.8 Å². The predicted octanol–water partition coefficient (Wildman–Crippen LogP) is 4.24. The average Bonchev–Trinajstić information content (AvgIpc) is 2.65. The Morgan fingerprint density at radius 3 is 2.03 bits per heavy atom. The highest BCUT2D eigenvalue weighted by atomic mass is 19.4. The summed E-state index contributed by atoms with van der Waals surface area (Å²) in [4.78, 5) is 24.2. The van der Waals surface area contributed by atoms with Crippen molar-refractivity contribution in [2.75, 3.05) is 7.11 Å². The molecule has 0 heterocycles. The van der Waals surface area contributed by atoms with Gasteiger partial charge in [-0.25, -0.2) is 4.79 Å². The van der Waals surface area contributed by atoms with Gasteiger partial charge in [-0.05, 0) is 35.9 Å². The predicted molar refractivity (Wildman–Crippen MR) is 89.9 cm³/mol.